The van der Waals surface area contributed by atoms with Crippen molar-refractivity contribution < 1.29 is 4.74 Å². The zero-order valence-corrected chi connectivity index (χ0v) is 4.81. The molecule has 0 aromatic carbocycles. The van der Waals surface area contributed by atoms with Crippen molar-refractivity contribution in [3.05, 3.63) is 12.5 Å². The van der Waals surface area contributed by atoms with Crippen molar-refractivity contribution in [2.45, 2.75) is 0 Å². The van der Waals surface area contributed by atoms with Crippen LogP contribution in [0.2, 0.25) is 0 Å². The van der Waals surface area contributed by atoms with Crippen molar-refractivity contribution in [1.82, 2.24) is 9.97 Å². The summed E-state index contributed by atoms with van der Waals surface area (Å²) >= 11 is 4.40. The second-order valence-corrected chi connectivity index (χ2v) is 1.32. The molecular formula is C4H4N2OS. The summed E-state index contributed by atoms with van der Waals surface area (Å²) in [6.07, 6.45) is 3.07. The van der Waals surface area contributed by atoms with Gasteiger partial charge in [-0.25, -0.2) is 4.98 Å². The topological polar surface area (TPSA) is 37.9 Å². The van der Waals surface area contributed by atoms with Crippen molar-refractivity contribution in [2.75, 3.05) is 0 Å². The van der Waals surface area contributed by atoms with Crippen LogP contribution in [0.15, 0.2) is 12.5 Å². The maximum Gasteiger partial charge on any atom is 0.217 e. The summed E-state index contributed by atoms with van der Waals surface area (Å²) in [5.41, 5.74) is 1.17. The fourth-order valence-electron chi connectivity index (χ4n) is 0.359. The maximum absolute atomic E-state index is 4.72. The second kappa shape index (κ2) is 2.42. The minimum atomic E-state index is 0.569. The van der Waals surface area contributed by atoms with Crippen LogP contribution in [0.25, 0.3) is 0 Å². The van der Waals surface area contributed by atoms with E-state index in [1.165, 1.54) is 11.9 Å². The average Bonchev–Trinajstić information content (AvgIpc) is 2.19. The fraction of sp³-hybridized carbons (Fsp3) is 0. The molecule has 0 aliphatic carbocycles. The molecule has 0 aliphatic heterocycles. The minimum Gasteiger partial charge on any atom is -0.436 e. The maximum atomic E-state index is 4.72. The lowest BCUT2D eigenvalue weighted by molar-refractivity contribution is 0.564. The van der Waals surface area contributed by atoms with Crippen molar-refractivity contribution in [1.29, 1.82) is 0 Å². The normalized spacial score (nSPS) is 8.50. The molecule has 1 aromatic heterocycles. The molecule has 42 valence electrons. The van der Waals surface area contributed by atoms with Gasteiger partial charge in [0.2, 0.25) is 5.88 Å². The van der Waals surface area contributed by atoms with Gasteiger partial charge in [0.05, 0.1) is 12.5 Å². The van der Waals surface area contributed by atoms with E-state index in [0.29, 0.717) is 5.88 Å². The van der Waals surface area contributed by atoms with Crippen molar-refractivity contribution in [3.63, 3.8) is 0 Å². The summed E-state index contributed by atoms with van der Waals surface area (Å²) in [6, 6.07) is 0. The Kier molecular flexibility index (Phi) is 1.58. The molecule has 0 saturated carbocycles. The summed E-state index contributed by atoms with van der Waals surface area (Å²) in [5.74, 6) is 0.569. The quantitative estimate of drug-likeness (QED) is 0.597. The zero-order chi connectivity index (χ0) is 5.82. The fourth-order valence-corrected chi connectivity index (χ4v) is 0.463. The highest BCUT2D eigenvalue weighted by Crippen LogP contribution is 1.98. The molecule has 0 amide bonds. The number of ether oxygens (including phenoxy) is 1. The van der Waals surface area contributed by atoms with Gasteiger partial charge in [0.15, 0.2) is 5.55 Å². The molecular weight excluding hydrogens is 124 g/mol. The number of nitrogens with one attached hydrogen (secondary N) is 1. The van der Waals surface area contributed by atoms with Gasteiger partial charge in [0.1, 0.15) is 0 Å². The number of nitrogens with zero attached hydrogens (tertiary/aromatic N) is 1. The van der Waals surface area contributed by atoms with Crippen LogP contribution >= 0.6 is 12.2 Å². The first-order valence-electron chi connectivity index (χ1n) is 2.02. The number of aromatic amines is 1. The van der Waals surface area contributed by atoms with E-state index >= 15 is 0 Å². The van der Waals surface area contributed by atoms with E-state index < -0.39 is 0 Å². The van der Waals surface area contributed by atoms with Crippen LogP contribution in [-0.4, -0.2) is 15.5 Å². The Labute approximate surface area is 51.7 Å². The van der Waals surface area contributed by atoms with Gasteiger partial charge in [-0.05, 0) is 12.2 Å². The SMILES string of the molecule is S=COc1cnc[nH]1. The minimum absolute atomic E-state index is 0.569. The predicted octanol–water partition coefficient (Wildman–Crippen LogP) is 0.746. The van der Waals surface area contributed by atoms with E-state index in [0.717, 1.165) is 0 Å². The van der Waals surface area contributed by atoms with Crippen molar-refractivity contribution in [2.24, 2.45) is 0 Å². The number of hydrogen-bond acceptors (Lipinski definition) is 3. The molecule has 0 aliphatic rings. The van der Waals surface area contributed by atoms with Gasteiger partial charge < -0.3 is 9.72 Å². The Morgan fingerprint density at radius 2 is 2.75 bits per heavy atom. The van der Waals surface area contributed by atoms with Crippen LogP contribution in [0.5, 0.6) is 5.88 Å². The lowest BCUT2D eigenvalue weighted by atomic mass is 10.9. The van der Waals surface area contributed by atoms with E-state index in [9.17, 15) is 0 Å². The number of thiocarbonyl (C=S) groups is 1. The number of rotatable bonds is 2. The zero-order valence-electron chi connectivity index (χ0n) is 4.00. The first-order valence-corrected chi connectivity index (χ1v) is 2.49. The number of imidazole rings is 1. The van der Waals surface area contributed by atoms with Gasteiger partial charge >= 0.3 is 0 Å². The number of H-pyrrole nitrogens is 1. The van der Waals surface area contributed by atoms with Gasteiger partial charge in [-0.2, -0.15) is 0 Å². The second-order valence-electron chi connectivity index (χ2n) is 1.13. The lowest BCUT2D eigenvalue weighted by Crippen LogP contribution is -1.84. The number of aromatic nitrogens is 2. The molecule has 1 heterocycles. The van der Waals surface area contributed by atoms with Crippen LogP contribution in [0.1, 0.15) is 0 Å². The smallest absolute Gasteiger partial charge is 0.217 e. The van der Waals surface area contributed by atoms with E-state index in [-0.39, 0.29) is 0 Å². The lowest BCUT2D eigenvalue weighted by Gasteiger charge is -1.86. The predicted molar refractivity (Wildman–Crippen MR) is 32.9 cm³/mol. The Hall–Kier alpha value is -0.900. The highest BCUT2D eigenvalue weighted by Gasteiger charge is 1.85. The van der Waals surface area contributed by atoms with Crippen LogP contribution in [0, 0.1) is 0 Å². The first kappa shape index (κ1) is 5.24. The van der Waals surface area contributed by atoms with E-state index in [2.05, 4.69) is 22.2 Å². The highest BCUT2D eigenvalue weighted by molar-refractivity contribution is 7.78. The van der Waals surface area contributed by atoms with Crippen molar-refractivity contribution >= 4 is 17.8 Å². The summed E-state index contributed by atoms with van der Waals surface area (Å²) in [5, 5.41) is 0. The van der Waals surface area contributed by atoms with Gasteiger partial charge in [-0.15, -0.1) is 0 Å². The molecule has 0 bridgehead atoms. The summed E-state index contributed by atoms with van der Waals surface area (Å²) in [7, 11) is 0. The largest absolute Gasteiger partial charge is 0.436 e. The molecule has 1 N–H and O–H groups in total. The van der Waals surface area contributed by atoms with Crippen LogP contribution in [0.3, 0.4) is 0 Å². The number of hydrogen-bond donors (Lipinski definition) is 1. The standard InChI is InChI=1S/C4H4N2OS/c8-3-7-4-1-5-2-6-4/h1-3H,(H,5,6). The van der Waals surface area contributed by atoms with Crippen LogP contribution in [-0.2, 0) is 0 Å². The Morgan fingerprint density at radius 3 is 3.25 bits per heavy atom. The van der Waals surface area contributed by atoms with E-state index in [1.54, 1.807) is 6.20 Å². The molecule has 8 heavy (non-hydrogen) atoms. The molecule has 0 spiro atoms. The van der Waals surface area contributed by atoms with Crippen LogP contribution in [0.4, 0.5) is 0 Å². The Balaban J connectivity index is 2.62. The molecule has 0 fully saturated rings. The van der Waals surface area contributed by atoms with E-state index in [4.69, 9.17) is 4.74 Å². The summed E-state index contributed by atoms with van der Waals surface area (Å²) in [4.78, 5) is 6.40. The molecule has 3 nitrogen and oxygen atoms in total. The monoisotopic (exact) mass is 128 g/mol. The van der Waals surface area contributed by atoms with Gasteiger partial charge in [0, 0.05) is 0 Å². The third-order valence-electron chi connectivity index (χ3n) is 0.648. The van der Waals surface area contributed by atoms with Gasteiger partial charge in [-0.3, -0.25) is 0 Å². The summed E-state index contributed by atoms with van der Waals surface area (Å²) < 4.78 is 4.72. The first-order chi connectivity index (χ1) is 3.93. The Bertz CT molecular complexity index is 161. The Morgan fingerprint density at radius 1 is 1.88 bits per heavy atom. The molecule has 0 unspecified atom stereocenters. The molecule has 4 heteroatoms. The third kappa shape index (κ3) is 1.04. The molecule has 0 radical (unpaired) electrons. The van der Waals surface area contributed by atoms with Gasteiger partial charge in [-0.1, -0.05) is 0 Å². The highest BCUT2D eigenvalue weighted by atomic mass is 32.1. The summed E-state index contributed by atoms with van der Waals surface area (Å²) in [6.45, 7) is 0. The molecule has 0 saturated heterocycles. The molecule has 1 aromatic rings. The van der Waals surface area contributed by atoms with E-state index in [1.807, 2.05) is 0 Å². The average molecular weight is 128 g/mol. The molecule has 0 atom stereocenters. The van der Waals surface area contributed by atoms with Crippen molar-refractivity contribution in [3.8, 4) is 5.88 Å². The van der Waals surface area contributed by atoms with Gasteiger partial charge in [0.25, 0.3) is 0 Å². The molecule has 1 rings (SSSR count). The third-order valence-corrected chi connectivity index (χ3v) is 0.744. The van der Waals surface area contributed by atoms with Crippen LogP contribution < -0.4 is 4.74 Å².